The van der Waals surface area contributed by atoms with Crippen molar-refractivity contribution >= 4 is 17.7 Å². The molecular weight excluding hydrogens is 427 g/mol. The number of rotatable bonds is 3. The number of fused-ring (bicyclic) bond motifs is 1. The van der Waals surface area contributed by atoms with Gasteiger partial charge in [-0.05, 0) is 51.1 Å². The van der Waals surface area contributed by atoms with Crippen LogP contribution in [0.1, 0.15) is 26.3 Å². The number of nitrogens with zero attached hydrogens (tertiary/aromatic N) is 4. The summed E-state index contributed by atoms with van der Waals surface area (Å²) in [6.45, 7) is 6.27. The van der Waals surface area contributed by atoms with Crippen molar-refractivity contribution in [3.63, 3.8) is 0 Å². The Balaban J connectivity index is 1.52. The molecule has 32 heavy (non-hydrogen) atoms. The number of alkyl halides is 3. The minimum Gasteiger partial charge on any atom is -0.507 e. The lowest BCUT2D eigenvalue weighted by Gasteiger charge is -2.39. The number of halogens is 3. The second-order valence-corrected chi connectivity index (χ2v) is 8.60. The van der Waals surface area contributed by atoms with Crippen LogP contribution in [0.2, 0.25) is 0 Å². The number of aromatic hydroxyl groups is 1. The van der Waals surface area contributed by atoms with E-state index in [0.717, 1.165) is 6.07 Å². The van der Waals surface area contributed by atoms with Gasteiger partial charge < -0.3 is 20.1 Å². The van der Waals surface area contributed by atoms with Crippen molar-refractivity contribution in [2.75, 3.05) is 18.4 Å². The second kappa shape index (κ2) is 7.57. The summed E-state index contributed by atoms with van der Waals surface area (Å²) in [6.07, 6.45) is -3.24. The summed E-state index contributed by atoms with van der Waals surface area (Å²) in [4.78, 5) is 13.6. The molecule has 0 saturated carbocycles. The standard InChI is InChI=1S/C21H22F3N5O3/c1-20(2,3)32-19(31)28-10-13(11-28)25-18-27-26-17-15(5-4-8-29(17)18)14-7-6-12(9-16(14)30)21(22,23)24/h4-9,13,30H,10-11H2,1-3H3,(H,25,27). The first-order chi connectivity index (χ1) is 14.9. The van der Waals surface area contributed by atoms with Gasteiger partial charge in [0.25, 0.3) is 0 Å². The van der Waals surface area contributed by atoms with Crippen LogP contribution >= 0.6 is 0 Å². The quantitative estimate of drug-likeness (QED) is 0.624. The number of carbonyl (C=O) groups is 1. The zero-order chi connectivity index (χ0) is 23.3. The van der Waals surface area contributed by atoms with E-state index in [-0.39, 0.29) is 17.7 Å². The van der Waals surface area contributed by atoms with E-state index in [2.05, 4.69) is 15.5 Å². The van der Waals surface area contributed by atoms with Crippen LogP contribution in [0.5, 0.6) is 5.75 Å². The zero-order valence-electron chi connectivity index (χ0n) is 17.6. The SMILES string of the molecule is CC(C)(C)OC(=O)N1CC(Nc2nnc3c(-c4ccc(C(F)(F)F)cc4O)cccn23)C1. The number of hydrogen-bond acceptors (Lipinski definition) is 6. The highest BCUT2D eigenvalue weighted by molar-refractivity contribution is 5.82. The number of likely N-dealkylation sites (tertiary alicyclic amines) is 1. The summed E-state index contributed by atoms with van der Waals surface area (Å²) < 4.78 is 45.7. The molecule has 0 bridgehead atoms. The van der Waals surface area contributed by atoms with E-state index < -0.39 is 23.1 Å². The van der Waals surface area contributed by atoms with Gasteiger partial charge in [-0.25, -0.2) is 4.79 Å². The number of ether oxygens (including phenoxy) is 1. The maximum absolute atomic E-state index is 12.9. The Labute approximate surface area is 181 Å². The van der Waals surface area contributed by atoms with E-state index in [9.17, 15) is 23.1 Å². The van der Waals surface area contributed by atoms with Crippen LogP contribution in [-0.4, -0.2) is 55.4 Å². The fourth-order valence-corrected chi connectivity index (χ4v) is 3.39. The van der Waals surface area contributed by atoms with Crippen molar-refractivity contribution in [2.24, 2.45) is 0 Å². The topological polar surface area (TPSA) is 92.0 Å². The number of benzene rings is 1. The average molecular weight is 449 g/mol. The molecule has 4 rings (SSSR count). The molecule has 8 nitrogen and oxygen atoms in total. The van der Waals surface area contributed by atoms with Crippen molar-refractivity contribution in [1.82, 2.24) is 19.5 Å². The first-order valence-electron chi connectivity index (χ1n) is 9.91. The first kappa shape index (κ1) is 21.7. The lowest BCUT2D eigenvalue weighted by Crippen LogP contribution is -2.58. The fraction of sp³-hybridized carbons (Fsp3) is 0.381. The van der Waals surface area contributed by atoms with Gasteiger partial charge in [0, 0.05) is 30.4 Å². The molecule has 0 spiro atoms. The predicted octanol–water partition coefficient (Wildman–Crippen LogP) is 4.15. The minimum absolute atomic E-state index is 0.0574. The van der Waals surface area contributed by atoms with Crippen LogP contribution < -0.4 is 5.32 Å². The Kier molecular flexibility index (Phi) is 5.14. The molecule has 0 aliphatic carbocycles. The summed E-state index contributed by atoms with van der Waals surface area (Å²) in [5.41, 5.74) is -0.494. The molecule has 1 saturated heterocycles. The number of amides is 1. The van der Waals surface area contributed by atoms with Crippen molar-refractivity contribution in [2.45, 2.75) is 38.6 Å². The summed E-state index contributed by atoms with van der Waals surface area (Å²) in [7, 11) is 0. The maximum Gasteiger partial charge on any atom is 0.416 e. The highest BCUT2D eigenvalue weighted by Crippen LogP contribution is 2.37. The largest absolute Gasteiger partial charge is 0.507 e. The van der Waals surface area contributed by atoms with Crippen molar-refractivity contribution < 1.29 is 27.8 Å². The smallest absolute Gasteiger partial charge is 0.416 e. The van der Waals surface area contributed by atoms with Gasteiger partial charge >= 0.3 is 12.3 Å². The van der Waals surface area contributed by atoms with E-state index in [1.807, 2.05) is 0 Å². The number of pyridine rings is 1. The van der Waals surface area contributed by atoms with Gasteiger partial charge in [0.05, 0.1) is 11.6 Å². The number of aromatic nitrogens is 3. The van der Waals surface area contributed by atoms with Gasteiger partial charge in [-0.15, -0.1) is 10.2 Å². The third kappa shape index (κ3) is 4.27. The number of phenols is 1. The van der Waals surface area contributed by atoms with E-state index in [1.54, 1.807) is 48.4 Å². The summed E-state index contributed by atoms with van der Waals surface area (Å²) in [5, 5.41) is 21.7. The summed E-state index contributed by atoms with van der Waals surface area (Å²) in [6, 6.07) is 6.07. The molecule has 1 amide bonds. The first-order valence-corrected chi connectivity index (χ1v) is 9.91. The minimum atomic E-state index is -4.55. The Morgan fingerprint density at radius 2 is 1.88 bits per heavy atom. The number of nitrogens with one attached hydrogen (secondary N) is 1. The molecule has 1 aromatic carbocycles. The van der Waals surface area contributed by atoms with E-state index >= 15 is 0 Å². The van der Waals surface area contributed by atoms with Crippen LogP contribution in [-0.2, 0) is 10.9 Å². The number of phenolic OH excluding ortho intramolecular Hbond substituents is 1. The molecule has 1 aliphatic rings. The predicted molar refractivity (Wildman–Crippen MR) is 110 cm³/mol. The molecule has 11 heteroatoms. The molecular formula is C21H22F3N5O3. The van der Waals surface area contributed by atoms with Crippen LogP contribution in [0.4, 0.5) is 23.9 Å². The van der Waals surface area contributed by atoms with Crippen LogP contribution in [0.3, 0.4) is 0 Å². The Morgan fingerprint density at radius 3 is 2.50 bits per heavy atom. The molecule has 1 fully saturated rings. The molecule has 3 aromatic rings. The lowest BCUT2D eigenvalue weighted by atomic mass is 10.0. The van der Waals surface area contributed by atoms with Gasteiger partial charge in [0.1, 0.15) is 11.4 Å². The maximum atomic E-state index is 12.9. The van der Waals surface area contributed by atoms with E-state index in [0.29, 0.717) is 36.3 Å². The molecule has 3 heterocycles. The number of carbonyl (C=O) groups excluding carboxylic acids is 1. The van der Waals surface area contributed by atoms with Gasteiger partial charge in [0.15, 0.2) is 5.65 Å². The highest BCUT2D eigenvalue weighted by atomic mass is 19.4. The summed E-state index contributed by atoms with van der Waals surface area (Å²) in [5.74, 6) is -0.0838. The third-order valence-corrected chi connectivity index (χ3v) is 4.92. The number of hydrogen-bond donors (Lipinski definition) is 2. The van der Waals surface area contributed by atoms with E-state index in [4.69, 9.17) is 4.74 Å². The summed E-state index contributed by atoms with van der Waals surface area (Å²) >= 11 is 0. The van der Waals surface area contributed by atoms with Gasteiger partial charge in [-0.3, -0.25) is 4.40 Å². The second-order valence-electron chi connectivity index (χ2n) is 8.60. The van der Waals surface area contributed by atoms with Crippen LogP contribution in [0.15, 0.2) is 36.5 Å². The zero-order valence-corrected chi connectivity index (χ0v) is 17.6. The Hall–Kier alpha value is -3.50. The Morgan fingerprint density at radius 1 is 1.16 bits per heavy atom. The molecule has 0 unspecified atom stereocenters. The number of anilines is 1. The van der Waals surface area contributed by atoms with Crippen LogP contribution in [0.25, 0.3) is 16.8 Å². The molecule has 2 aromatic heterocycles. The molecule has 2 N–H and O–H groups in total. The third-order valence-electron chi connectivity index (χ3n) is 4.92. The van der Waals surface area contributed by atoms with E-state index in [1.165, 1.54) is 6.07 Å². The fourth-order valence-electron chi connectivity index (χ4n) is 3.39. The van der Waals surface area contributed by atoms with Crippen LogP contribution in [0, 0.1) is 0 Å². The van der Waals surface area contributed by atoms with Gasteiger partial charge in [0.2, 0.25) is 5.95 Å². The monoisotopic (exact) mass is 449 g/mol. The Bertz CT molecular complexity index is 1160. The van der Waals surface area contributed by atoms with Gasteiger partial charge in [-0.2, -0.15) is 13.2 Å². The molecule has 0 radical (unpaired) electrons. The highest BCUT2D eigenvalue weighted by Gasteiger charge is 2.34. The normalized spacial score (nSPS) is 15.0. The average Bonchev–Trinajstić information content (AvgIpc) is 3.05. The van der Waals surface area contributed by atoms with Crippen molar-refractivity contribution in [3.05, 3.63) is 42.1 Å². The molecule has 170 valence electrons. The van der Waals surface area contributed by atoms with Gasteiger partial charge in [-0.1, -0.05) is 0 Å². The molecule has 1 aliphatic heterocycles. The lowest BCUT2D eigenvalue weighted by molar-refractivity contribution is -0.137. The van der Waals surface area contributed by atoms with Crippen molar-refractivity contribution in [3.8, 4) is 16.9 Å². The molecule has 0 atom stereocenters. The van der Waals surface area contributed by atoms with Crippen molar-refractivity contribution in [1.29, 1.82) is 0 Å².